The summed E-state index contributed by atoms with van der Waals surface area (Å²) >= 11 is 11.8. The number of halogens is 2. The molecule has 0 bridgehead atoms. The molecule has 5 nitrogen and oxygen atoms in total. The molecule has 21 heavy (non-hydrogen) atoms. The fraction of sp³-hybridized carbons (Fsp3) is 0.429. The molecule has 1 aromatic rings. The average molecular weight is 332 g/mol. The largest absolute Gasteiger partial charge is 0.481 e. The van der Waals surface area contributed by atoms with E-state index in [1.165, 1.54) is 6.07 Å². The van der Waals surface area contributed by atoms with Crippen molar-refractivity contribution in [2.75, 3.05) is 11.9 Å². The van der Waals surface area contributed by atoms with Gasteiger partial charge in [0, 0.05) is 11.6 Å². The number of amides is 1. The highest BCUT2D eigenvalue weighted by Gasteiger charge is 2.33. The van der Waals surface area contributed by atoms with Crippen LogP contribution in [0.2, 0.25) is 10.0 Å². The Morgan fingerprint density at radius 2 is 2.19 bits per heavy atom. The summed E-state index contributed by atoms with van der Waals surface area (Å²) in [5.41, 5.74) is 0.402. The van der Waals surface area contributed by atoms with Gasteiger partial charge in [-0.3, -0.25) is 9.59 Å². The first-order chi connectivity index (χ1) is 9.97. The summed E-state index contributed by atoms with van der Waals surface area (Å²) in [7, 11) is 0. The van der Waals surface area contributed by atoms with Crippen LogP contribution in [0.15, 0.2) is 18.2 Å². The number of hydrogen-bond donors (Lipinski definition) is 2. The number of carboxylic acid groups (broad SMARTS) is 1. The highest BCUT2D eigenvalue weighted by atomic mass is 35.5. The van der Waals surface area contributed by atoms with Gasteiger partial charge >= 0.3 is 5.97 Å². The maximum atomic E-state index is 12.3. The van der Waals surface area contributed by atoms with Crippen molar-refractivity contribution >= 4 is 40.8 Å². The van der Waals surface area contributed by atoms with E-state index < -0.39 is 17.8 Å². The second-order valence-corrected chi connectivity index (χ2v) is 5.71. The van der Waals surface area contributed by atoms with Crippen LogP contribution in [0, 0.1) is 5.92 Å². The van der Waals surface area contributed by atoms with Crippen molar-refractivity contribution in [3.05, 3.63) is 28.2 Å². The minimum absolute atomic E-state index is 0.276. The molecule has 114 valence electrons. The number of nitrogens with one attached hydrogen (secondary N) is 1. The number of hydrogen-bond acceptors (Lipinski definition) is 3. The Morgan fingerprint density at radius 3 is 2.76 bits per heavy atom. The molecule has 1 aliphatic rings. The van der Waals surface area contributed by atoms with E-state index in [2.05, 4.69) is 5.32 Å². The summed E-state index contributed by atoms with van der Waals surface area (Å²) in [6.07, 6.45) is 0.865. The van der Waals surface area contributed by atoms with Gasteiger partial charge in [0.15, 0.2) is 0 Å². The van der Waals surface area contributed by atoms with Crippen LogP contribution in [0.4, 0.5) is 5.69 Å². The number of anilines is 1. The summed E-state index contributed by atoms with van der Waals surface area (Å²) in [6.45, 7) is 0.551. The van der Waals surface area contributed by atoms with Gasteiger partial charge in [-0.25, -0.2) is 0 Å². The van der Waals surface area contributed by atoms with E-state index in [1.54, 1.807) is 12.1 Å². The Bertz CT molecular complexity index is 544. The zero-order valence-corrected chi connectivity index (χ0v) is 12.7. The second kappa shape index (κ2) is 7.11. The lowest BCUT2D eigenvalue weighted by molar-refractivity contribution is -0.142. The molecule has 1 saturated heterocycles. The molecule has 0 unspecified atom stereocenters. The predicted octanol–water partition coefficient (Wildman–Crippen LogP) is 3.20. The number of rotatable bonds is 5. The molecule has 2 atom stereocenters. The second-order valence-electron chi connectivity index (χ2n) is 4.87. The molecule has 1 heterocycles. The van der Waals surface area contributed by atoms with Gasteiger partial charge in [-0.05, 0) is 31.0 Å². The van der Waals surface area contributed by atoms with Crippen LogP contribution in [-0.4, -0.2) is 29.7 Å². The first-order valence-corrected chi connectivity index (χ1v) is 7.32. The van der Waals surface area contributed by atoms with E-state index in [-0.39, 0.29) is 12.5 Å². The molecule has 1 aliphatic heterocycles. The molecule has 1 amide bonds. The topological polar surface area (TPSA) is 75.6 Å². The van der Waals surface area contributed by atoms with Crippen LogP contribution in [0.25, 0.3) is 0 Å². The first-order valence-electron chi connectivity index (χ1n) is 6.56. The standard InChI is InChI=1S/C14H15Cl2NO4/c15-8-3-4-11(10(16)6-8)17-14(20)9(7-13(18)19)12-2-1-5-21-12/h3-4,6,9,12H,1-2,5,7H2,(H,17,20)(H,18,19)/t9-,12+/m0/s1. The quantitative estimate of drug-likeness (QED) is 0.868. The molecule has 0 aliphatic carbocycles. The SMILES string of the molecule is O=C(O)C[C@H](C(=O)Nc1ccc(Cl)cc1Cl)[C@H]1CCCO1. The third-order valence-corrected chi connectivity index (χ3v) is 3.88. The molecule has 7 heteroatoms. The lowest BCUT2D eigenvalue weighted by atomic mass is 9.95. The Balaban J connectivity index is 2.11. The smallest absolute Gasteiger partial charge is 0.304 e. The molecule has 0 spiro atoms. The van der Waals surface area contributed by atoms with E-state index >= 15 is 0 Å². The average Bonchev–Trinajstić information content (AvgIpc) is 2.92. The minimum Gasteiger partial charge on any atom is -0.481 e. The summed E-state index contributed by atoms with van der Waals surface area (Å²) in [5.74, 6) is -2.18. The summed E-state index contributed by atoms with van der Waals surface area (Å²) < 4.78 is 5.45. The first kappa shape index (κ1) is 16.1. The van der Waals surface area contributed by atoms with Crippen LogP contribution in [-0.2, 0) is 14.3 Å². The Morgan fingerprint density at radius 1 is 1.43 bits per heavy atom. The van der Waals surface area contributed by atoms with E-state index in [0.717, 1.165) is 6.42 Å². The van der Waals surface area contributed by atoms with Gasteiger partial charge < -0.3 is 15.2 Å². The molecular weight excluding hydrogens is 317 g/mol. The van der Waals surface area contributed by atoms with Crippen molar-refractivity contribution in [1.82, 2.24) is 0 Å². The molecule has 2 N–H and O–H groups in total. The number of carboxylic acids is 1. The third kappa shape index (κ3) is 4.33. The molecule has 2 rings (SSSR count). The third-order valence-electron chi connectivity index (χ3n) is 3.33. The number of ether oxygens (including phenoxy) is 1. The van der Waals surface area contributed by atoms with Crippen LogP contribution < -0.4 is 5.32 Å². The fourth-order valence-electron chi connectivity index (χ4n) is 2.32. The van der Waals surface area contributed by atoms with Crippen molar-refractivity contribution in [3.63, 3.8) is 0 Å². The fourth-order valence-corrected chi connectivity index (χ4v) is 2.77. The van der Waals surface area contributed by atoms with E-state index in [0.29, 0.717) is 28.8 Å². The van der Waals surface area contributed by atoms with Gasteiger partial charge in [0.2, 0.25) is 5.91 Å². The van der Waals surface area contributed by atoms with Gasteiger partial charge in [0.05, 0.1) is 29.2 Å². The number of carbonyl (C=O) groups excluding carboxylic acids is 1. The van der Waals surface area contributed by atoms with Crippen LogP contribution in [0.1, 0.15) is 19.3 Å². The summed E-state index contributed by atoms with van der Waals surface area (Å²) in [5, 5.41) is 12.4. The van der Waals surface area contributed by atoms with Crippen molar-refractivity contribution in [2.24, 2.45) is 5.92 Å². The van der Waals surface area contributed by atoms with Gasteiger partial charge in [-0.1, -0.05) is 23.2 Å². The maximum Gasteiger partial charge on any atom is 0.304 e. The monoisotopic (exact) mass is 331 g/mol. The van der Waals surface area contributed by atoms with Crippen molar-refractivity contribution in [2.45, 2.75) is 25.4 Å². The summed E-state index contributed by atoms with van der Waals surface area (Å²) in [6, 6.07) is 4.69. The molecule has 0 aromatic heterocycles. The Labute approximate surface area is 132 Å². The minimum atomic E-state index is -1.03. The van der Waals surface area contributed by atoms with Gasteiger partial charge in [-0.2, -0.15) is 0 Å². The Kier molecular flexibility index (Phi) is 5.45. The van der Waals surface area contributed by atoms with E-state index in [1.807, 2.05) is 0 Å². The lowest BCUT2D eigenvalue weighted by Crippen LogP contribution is -2.34. The summed E-state index contributed by atoms with van der Waals surface area (Å²) in [4.78, 5) is 23.3. The van der Waals surface area contributed by atoms with Crippen LogP contribution in [0.5, 0.6) is 0 Å². The Hall–Kier alpha value is -1.30. The molecule has 0 saturated carbocycles. The van der Waals surface area contributed by atoms with Gasteiger partial charge in [0.25, 0.3) is 0 Å². The number of carbonyl (C=O) groups is 2. The molecule has 0 radical (unpaired) electrons. The lowest BCUT2D eigenvalue weighted by Gasteiger charge is -2.21. The van der Waals surface area contributed by atoms with Gasteiger partial charge in [0.1, 0.15) is 0 Å². The number of benzene rings is 1. The van der Waals surface area contributed by atoms with Crippen molar-refractivity contribution in [3.8, 4) is 0 Å². The van der Waals surface area contributed by atoms with Crippen LogP contribution in [0.3, 0.4) is 0 Å². The molecular formula is C14H15Cl2NO4. The maximum absolute atomic E-state index is 12.3. The highest BCUT2D eigenvalue weighted by Crippen LogP contribution is 2.28. The predicted molar refractivity (Wildman–Crippen MR) is 79.8 cm³/mol. The van der Waals surface area contributed by atoms with Gasteiger partial charge in [-0.15, -0.1) is 0 Å². The van der Waals surface area contributed by atoms with Crippen molar-refractivity contribution < 1.29 is 19.4 Å². The van der Waals surface area contributed by atoms with E-state index in [4.69, 9.17) is 33.0 Å². The highest BCUT2D eigenvalue weighted by molar-refractivity contribution is 6.36. The number of aliphatic carboxylic acids is 1. The van der Waals surface area contributed by atoms with E-state index in [9.17, 15) is 9.59 Å². The molecule has 1 aromatic carbocycles. The van der Waals surface area contributed by atoms with Crippen molar-refractivity contribution in [1.29, 1.82) is 0 Å². The zero-order valence-electron chi connectivity index (χ0n) is 11.1. The zero-order chi connectivity index (χ0) is 15.4. The molecule has 1 fully saturated rings. The normalized spacial score (nSPS) is 19.2. The van der Waals surface area contributed by atoms with Crippen LogP contribution >= 0.6 is 23.2 Å².